The largest absolute Gasteiger partial charge is 0.293 e. The van der Waals surface area contributed by atoms with Crippen molar-refractivity contribution in [2.24, 2.45) is 4.99 Å². The zero-order valence-corrected chi connectivity index (χ0v) is 24.1. The van der Waals surface area contributed by atoms with Gasteiger partial charge >= 0.3 is 0 Å². The maximum atomic E-state index is 6.36. The smallest absolute Gasteiger partial charge is 0.181 e. The molecule has 6 rings (SSSR count). The Hall–Kier alpha value is -2.56. The molecule has 10 heteroatoms. The SMILES string of the molecule is C/C=C(\C)n1cnc(-c2ccc(C(C)NNC3SC3/N=C3\SCC4=CC(C)c5ccc(Cl)cc5N43)cc2)n1. The number of amidine groups is 1. The van der Waals surface area contributed by atoms with Crippen molar-refractivity contribution in [3.63, 3.8) is 0 Å². The zero-order valence-electron chi connectivity index (χ0n) is 21.7. The second-order valence-corrected chi connectivity index (χ2v) is 12.3. The molecule has 4 heterocycles. The van der Waals surface area contributed by atoms with Crippen LogP contribution in [-0.4, -0.2) is 36.4 Å². The lowest BCUT2D eigenvalue weighted by Gasteiger charge is -2.30. The van der Waals surface area contributed by atoms with Crippen LogP contribution in [0.5, 0.6) is 0 Å². The van der Waals surface area contributed by atoms with Gasteiger partial charge in [-0.05, 0) is 44.0 Å². The molecule has 2 aromatic carbocycles. The molecule has 1 aromatic heterocycles. The molecule has 196 valence electrons. The molecule has 0 aliphatic carbocycles. The lowest BCUT2D eigenvalue weighted by atomic mass is 9.94. The Morgan fingerprint density at radius 2 is 2.05 bits per heavy atom. The van der Waals surface area contributed by atoms with Gasteiger partial charge in [0.1, 0.15) is 17.1 Å². The first-order chi connectivity index (χ1) is 18.4. The van der Waals surface area contributed by atoms with Crippen LogP contribution in [0.4, 0.5) is 5.69 Å². The van der Waals surface area contributed by atoms with E-state index in [0.717, 1.165) is 38.7 Å². The summed E-state index contributed by atoms with van der Waals surface area (Å²) in [6, 6.07) is 14.7. The molecule has 0 bridgehead atoms. The van der Waals surface area contributed by atoms with Gasteiger partial charge in [0.05, 0.1) is 5.69 Å². The molecule has 2 N–H and O–H groups in total. The Kier molecular flexibility index (Phi) is 7.13. The maximum Gasteiger partial charge on any atom is 0.181 e. The third kappa shape index (κ3) is 5.05. The fourth-order valence-electron chi connectivity index (χ4n) is 4.67. The number of allylic oxidation sites excluding steroid dienone is 3. The molecule has 4 unspecified atom stereocenters. The standard InChI is InChI=1S/C28H30ClN7S2/c1-5-17(3)35-15-30-25(34-35)20-8-6-19(7-9-20)18(4)32-33-27-26(38-27)31-28-36-22(14-37-28)12-16(2)23-11-10-21(29)13-24(23)36/h5-13,15-16,18,26-27,32-33H,14H2,1-4H3/b17-5+,31-28-. The highest BCUT2D eigenvalue weighted by molar-refractivity contribution is 8.15. The summed E-state index contributed by atoms with van der Waals surface area (Å²) in [6.07, 6.45) is 6.11. The number of aromatic nitrogens is 3. The van der Waals surface area contributed by atoms with Crippen LogP contribution >= 0.6 is 35.1 Å². The summed E-state index contributed by atoms with van der Waals surface area (Å²) in [4.78, 5) is 11.8. The number of hydrogen-bond donors (Lipinski definition) is 2. The molecule has 3 aliphatic heterocycles. The van der Waals surface area contributed by atoms with Crippen molar-refractivity contribution in [3.05, 3.63) is 82.8 Å². The van der Waals surface area contributed by atoms with Gasteiger partial charge in [0.2, 0.25) is 0 Å². The van der Waals surface area contributed by atoms with Gasteiger partial charge in [-0.15, -0.1) is 16.9 Å². The molecule has 2 fully saturated rings. The summed E-state index contributed by atoms with van der Waals surface area (Å²) in [5.74, 6) is 2.05. The van der Waals surface area contributed by atoms with Crippen molar-refractivity contribution in [1.29, 1.82) is 0 Å². The average molecular weight is 564 g/mol. The van der Waals surface area contributed by atoms with Crippen molar-refractivity contribution in [3.8, 4) is 11.4 Å². The predicted octanol–water partition coefficient (Wildman–Crippen LogP) is 6.64. The predicted molar refractivity (Wildman–Crippen MR) is 161 cm³/mol. The highest BCUT2D eigenvalue weighted by Gasteiger charge is 2.41. The van der Waals surface area contributed by atoms with Gasteiger partial charge in [-0.2, -0.15) is 0 Å². The number of fused-ring (bicyclic) bond motifs is 3. The van der Waals surface area contributed by atoms with Gasteiger partial charge < -0.3 is 0 Å². The van der Waals surface area contributed by atoms with E-state index < -0.39 is 0 Å². The maximum absolute atomic E-state index is 6.36. The molecule has 0 radical (unpaired) electrons. The Labute approximate surface area is 236 Å². The van der Waals surface area contributed by atoms with E-state index in [2.05, 4.69) is 82.2 Å². The van der Waals surface area contributed by atoms with Crippen molar-refractivity contribution in [2.75, 3.05) is 10.7 Å². The number of hydrazine groups is 1. The summed E-state index contributed by atoms with van der Waals surface area (Å²) >= 11 is 9.98. The molecule has 0 amide bonds. The molecular weight excluding hydrogens is 534 g/mol. The highest BCUT2D eigenvalue weighted by Crippen LogP contribution is 2.46. The van der Waals surface area contributed by atoms with E-state index in [1.54, 1.807) is 22.8 Å². The second-order valence-electron chi connectivity index (χ2n) is 9.71. The van der Waals surface area contributed by atoms with Crippen LogP contribution < -0.4 is 15.8 Å². The summed E-state index contributed by atoms with van der Waals surface area (Å²) in [5, 5.41) is 6.80. The van der Waals surface area contributed by atoms with Gasteiger partial charge in [0.25, 0.3) is 0 Å². The Balaban J connectivity index is 1.06. The molecule has 0 spiro atoms. The van der Waals surface area contributed by atoms with Crippen LogP contribution in [0.15, 0.2) is 71.6 Å². The minimum absolute atomic E-state index is 0.141. The van der Waals surface area contributed by atoms with Crippen molar-refractivity contribution < 1.29 is 0 Å². The lowest BCUT2D eigenvalue weighted by molar-refractivity contribution is 0.463. The van der Waals surface area contributed by atoms with Gasteiger partial charge in [0, 0.05) is 39.7 Å². The Bertz CT molecular complexity index is 1450. The van der Waals surface area contributed by atoms with E-state index in [-0.39, 0.29) is 16.8 Å². The van der Waals surface area contributed by atoms with Gasteiger partial charge in [0.15, 0.2) is 11.0 Å². The topological polar surface area (TPSA) is 70.4 Å². The number of thioether (sulfide) groups is 2. The molecule has 2 saturated heterocycles. The monoisotopic (exact) mass is 563 g/mol. The minimum Gasteiger partial charge on any atom is -0.293 e. The van der Waals surface area contributed by atoms with E-state index in [4.69, 9.17) is 16.6 Å². The normalized spacial score (nSPS) is 24.3. The number of rotatable bonds is 7. The first-order valence-corrected chi connectivity index (χ1v) is 15.0. The fourth-order valence-corrected chi connectivity index (χ4v) is 6.57. The van der Waals surface area contributed by atoms with Crippen LogP contribution in [0.1, 0.15) is 50.8 Å². The average Bonchev–Trinajstić information content (AvgIpc) is 3.28. The number of halogens is 1. The summed E-state index contributed by atoms with van der Waals surface area (Å²) in [5.41, 5.74) is 13.9. The molecule has 38 heavy (non-hydrogen) atoms. The fraction of sp³-hybridized carbons (Fsp3) is 0.321. The third-order valence-electron chi connectivity index (χ3n) is 7.08. The van der Waals surface area contributed by atoms with Crippen molar-refractivity contribution in [1.82, 2.24) is 25.6 Å². The number of nitrogens with zero attached hydrogens (tertiary/aromatic N) is 5. The van der Waals surface area contributed by atoms with Crippen molar-refractivity contribution in [2.45, 2.75) is 50.4 Å². The summed E-state index contributed by atoms with van der Waals surface area (Å²) < 4.78 is 1.80. The van der Waals surface area contributed by atoms with E-state index in [1.165, 1.54) is 16.8 Å². The molecule has 0 saturated carbocycles. The van der Waals surface area contributed by atoms with Crippen LogP contribution in [0, 0.1) is 0 Å². The molecular formula is C28H30ClN7S2. The summed E-state index contributed by atoms with van der Waals surface area (Å²) in [6.45, 7) is 8.40. The molecule has 4 atom stereocenters. The van der Waals surface area contributed by atoms with Crippen LogP contribution in [-0.2, 0) is 0 Å². The number of nitrogens with one attached hydrogen (secondary N) is 2. The first-order valence-electron chi connectivity index (χ1n) is 12.7. The summed E-state index contributed by atoms with van der Waals surface area (Å²) in [7, 11) is 0. The van der Waals surface area contributed by atoms with E-state index in [0.29, 0.717) is 5.92 Å². The second kappa shape index (κ2) is 10.5. The van der Waals surface area contributed by atoms with Crippen LogP contribution in [0.2, 0.25) is 5.02 Å². The molecule has 3 aliphatic rings. The first kappa shape index (κ1) is 25.7. The van der Waals surface area contributed by atoms with Gasteiger partial charge in [-0.1, -0.05) is 72.8 Å². The van der Waals surface area contributed by atoms with E-state index in [1.807, 2.05) is 37.8 Å². The van der Waals surface area contributed by atoms with Crippen LogP contribution in [0.3, 0.4) is 0 Å². The number of anilines is 1. The zero-order chi connectivity index (χ0) is 26.4. The van der Waals surface area contributed by atoms with Crippen LogP contribution in [0.25, 0.3) is 17.1 Å². The van der Waals surface area contributed by atoms with Crippen molar-refractivity contribution >= 4 is 51.7 Å². The lowest BCUT2D eigenvalue weighted by Crippen LogP contribution is -2.37. The van der Waals surface area contributed by atoms with E-state index >= 15 is 0 Å². The number of benzene rings is 2. The quantitative estimate of drug-likeness (QED) is 0.246. The Morgan fingerprint density at radius 3 is 2.84 bits per heavy atom. The minimum atomic E-state index is 0.141. The molecule has 7 nitrogen and oxygen atoms in total. The highest BCUT2D eigenvalue weighted by atomic mass is 35.5. The third-order valence-corrected chi connectivity index (χ3v) is 9.31. The molecule has 3 aromatic rings. The van der Waals surface area contributed by atoms with Gasteiger partial charge in [-0.25, -0.2) is 25.5 Å². The Morgan fingerprint density at radius 1 is 1.24 bits per heavy atom. The van der Waals surface area contributed by atoms with E-state index in [9.17, 15) is 0 Å². The van der Waals surface area contributed by atoms with Gasteiger partial charge in [-0.3, -0.25) is 4.90 Å². The number of aliphatic imine (C=N–C) groups is 1. The number of hydrogen-bond acceptors (Lipinski definition) is 7.